The van der Waals surface area contributed by atoms with Crippen molar-refractivity contribution in [2.75, 3.05) is 7.11 Å². The number of pyridine rings is 1. The van der Waals surface area contributed by atoms with Gasteiger partial charge in [0, 0.05) is 13.3 Å². The molecule has 1 aromatic rings. The predicted molar refractivity (Wildman–Crippen MR) is 66.9 cm³/mol. The maximum atomic E-state index is 11.9. The van der Waals surface area contributed by atoms with Crippen molar-refractivity contribution in [1.29, 1.82) is 0 Å². The normalized spacial score (nSPS) is 13.2. The lowest BCUT2D eigenvalue weighted by molar-refractivity contribution is -0.140. The Balaban J connectivity index is 2.70. The van der Waals surface area contributed by atoms with Crippen molar-refractivity contribution >= 4 is 17.5 Å². The molecule has 1 N–H and O–H groups in total. The van der Waals surface area contributed by atoms with E-state index in [0.717, 1.165) is 5.69 Å². The number of hydrogen-bond donors (Lipinski definition) is 1. The summed E-state index contributed by atoms with van der Waals surface area (Å²) in [4.78, 5) is 16.0. The molecule has 4 nitrogen and oxygen atoms in total. The summed E-state index contributed by atoms with van der Waals surface area (Å²) in [6.07, 6.45) is 1.56. The van der Waals surface area contributed by atoms with Crippen LogP contribution in [0.1, 0.15) is 32.5 Å². The second-order valence-electron chi connectivity index (χ2n) is 4.31. The fourth-order valence-corrected chi connectivity index (χ4v) is 1.29. The smallest absolute Gasteiger partial charge is 0.252 e. The van der Waals surface area contributed by atoms with Gasteiger partial charge < -0.3 is 10.1 Å². The molecule has 5 heteroatoms. The molecule has 0 saturated heterocycles. The van der Waals surface area contributed by atoms with Crippen molar-refractivity contribution in [2.24, 2.45) is 0 Å². The van der Waals surface area contributed by atoms with E-state index in [1.54, 1.807) is 32.2 Å². The first-order chi connectivity index (χ1) is 7.86. The van der Waals surface area contributed by atoms with E-state index in [1.165, 1.54) is 7.11 Å². The number of aromatic nitrogens is 1. The minimum atomic E-state index is -0.847. The highest BCUT2D eigenvalue weighted by atomic mass is 35.5. The summed E-state index contributed by atoms with van der Waals surface area (Å²) in [7, 11) is 1.50. The number of carbonyl (C=O) groups is 1. The molecule has 0 aromatic carbocycles. The SMILES string of the molecule is COC(C)(C)C(=O)N[C@@H](C)c1ccc(Cl)cn1. The monoisotopic (exact) mass is 256 g/mol. The molecule has 17 heavy (non-hydrogen) atoms. The zero-order chi connectivity index (χ0) is 13.1. The van der Waals surface area contributed by atoms with Crippen LogP contribution in [0.25, 0.3) is 0 Å². The number of amides is 1. The lowest BCUT2D eigenvalue weighted by Gasteiger charge is -2.24. The molecule has 1 aromatic heterocycles. The molecule has 1 amide bonds. The molecule has 1 rings (SSSR count). The Morgan fingerprint density at radius 2 is 2.18 bits per heavy atom. The number of carbonyl (C=O) groups excluding carboxylic acids is 1. The second kappa shape index (κ2) is 5.47. The molecule has 0 fully saturated rings. The van der Waals surface area contributed by atoms with E-state index in [4.69, 9.17) is 16.3 Å². The van der Waals surface area contributed by atoms with Crippen molar-refractivity contribution in [3.63, 3.8) is 0 Å². The lowest BCUT2D eigenvalue weighted by atomic mass is 10.1. The van der Waals surface area contributed by atoms with Crippen molar-refractivity contribution in [2.45, 2.75) is 32.4 Å². The highest BCUT2D eigenvalue weighted by Gasteiger charge is 2.28. The predicted octanol–water partition coefficient (Wildman–Crippen LogP) is 2.34. The maximum absolute atomic E-state index is 11.9. The Morgan fingerprint density at radius 3 is 2.65 bits per heavy atom. The number of nitrogens with one attached hydrogen (secondary N) is 1. The third kappa shape index (κ3) is 3.68. The van der Waals surface area contributed by atoms with Gasteiger partial charge in [0.15, 0.2) is 0 Å². The molecule has 1 atom stereocenters. The Morgan fingerprint density at radius 1 is 1.53 bits per heavy atom. The van der Waals surface area contributed by atoms with E-state index in [1.807, 2.05) is 6.92 Å². The molecule has 0 radical (unpaired) electrons. The van der Waals surface area contributed by atoms with Crippen LogP contribution >= 0.6 is 11.6 Å². The molecule has 0 aliphatic rings. The van der Waals surface area contributed by atoms with Crippen molar-refractivity contribution < 1.29 is 9.53 Å². The van der Waals surface area contributed by atoms with Crippen LogP contribution < -0.4 is 5.32 Å². The van der Waals surface area contributed by atoms with E-state index in [9.17, 15) is 4.79 Å². The molecular weight excluding hydrogens is 240 g/mol. The fourth-order valence-electron chi connectivity index (χ4n) is 1.18. The third-order valence-corrected chi connectivity index (χ3v) is 2.82. The van der Waals surface area contributed by atoms with Crippen LogP contribution in [-0.2, 0) is 9.53 Å². The van der Waals surface area contributed by atoms with Gasteiger partial charge in [-0.05, 0) is 32.9 Å². The van der Waals surface area contributed by atoms with Crippen LogP contribution in [0.5, 0.6) is 0 Å². The average molecular weight is 257 g/mol. The largest absolute Gasteiger partial charge is 0.369 e. The Bertz CT molecular complexity index is 390. The van der Waals surface area contributed by atoms with Gasteiger partial charge in [0.2, 0.25) is 0 Å². The number of halogens is 1. The number of nitrogens with zero attached hydrogens (tertiary/aromatic N) is 1. The second-order valence-corrected chi connectivity index (χ2v) is 4.75. The van der Waals surface area contributed by atoms with Gasteiger partial charge in [0.25, 0.3) is 5.91 Å². The quantitative estimate of drug-likeness (QED) is 0.900. The first kappa shape index (κ1) is 13.9. The standard InChI is InChI=1S/C12H17ClN2O2/c1-8(10-6-5-9(13)7-14-10)15-11(16)12(2,3)17-4/h5-8H,1-4H3,(H,15,16)/t8-/m0/s1. The van der Waals surface area contributed by atoms with Crippen LogP contribution in [0.15, 0.2) is 18.3 Å². The summed E-state index contributed by atoms with van der Waals surface area (Å²) in [5.41, 5.74) is -0.0876. The third-order valence-electron chi connectivity index (χ3n) is 2.60. The Hall–Kier alpha value is -1.13. The topological polar surface area (TPSA) is 51.2 Å². The Labute approximate surface area is 106 Å². The highest BCUT2D eigenvalue weighted by Crippen LogP contribution is 2.15. The number of rotatable bonds is 4. The molecule has 0 spiro atoms. The van der Waals surface area contributed by atoms with Crippen molar-refractivity contribution in [1.82, 2.24) is 10.3 Å². The zero-order valence-corrected chi connectivity index (χ0v) is 11.2. The van der Waals surface area contributed by atoms with Gasteiger partial charge >= 0.3 is 0 Å². The minimum absolute atomic E-state index is 0.177. The number of ether oxygens (including phenoxy) is 1. The molecular formula is C12H17ClN2O2. The highest BCUT2D eigenvalue weighted by molar-refractivity contribution is 6.30. The van der Waals surface area contributed by atoms with Crippen LogP contribution in [-0.4, -0.2) is 23.6 Å². The first-order valence-corrected chi connectivity index (χ1v) is 5.72. The van der Waals surface area contributed by atoms with Gasteiger partial charge in [-0.25, -0.2) is 0 Å². The summed E-state index contributed by atoms with van der Waals surface area (Å²) in [5, 5.41) is 3.41. The van der Waals surface area contributed by atoms with Gasteiger partial charge in [-0.2, -0.15) is 0 Å². The number of methoxy groups -OCH3 is 1. The summed E-state index contributed by atoms with van der Waals surface area (Å²) in [6.45, 7) is 5.29. The van der Waals surface area contributed by atoms with Crippen LogP contribution in [0, 0.1) is 0 Å². The van der Waals surface area contributed by atoms with Crippen LogP contribution in [0.2, 0.25) is 5.02 Å². The molecule has 0 aliphatic heterocycles. The van der Waals surface area contributed by atoms with Crippen LogP contribution in [0.3, 0.4) is 0 Å². The summed E-state index contributed by atoms with van der Waals surface area (Å²) in [5.74, 6) is -0.177. The van der Waals surface area contributed by atoms with E-state index in [2.05, 4.69) is 10.3 Å². The fraction of sp³-hybridized carbons (Fsp3) is 0.500. The van der Waals surface area contributed by atoms with E-state index in [0.29, 0.717) is 5.02 Å². The lowest BCUT2D eigenvalue weighted by Crippen LogP contribution is -2.44. The van der Waals surface area contributed by atoms with Gasteiger partial charge in [0.05, 0.1) is 16.8 Å². The minimum Gasteiger partial charge on any atom is -0.369 e. The number of hydrogen-bond acceptors (Lipinski definition) is 3. The zero-order valence-electron chi connectivity index (χ0n) is 10.5. The molecule has 0 bridgehead atoms. The van der Waals surface area contributed by atoms with E-state index < -0.39 is 5.60 Å². The van der Waals surface area contributed by atoms with E-state index >= 15 is 0 Å². The summed E-state index contributed by atoms with van der Waals surface area (Å²) >= 11 is 5.75. The van der Waals surface area contributed by atoms with Gasteiger partial charge in [0.1, 0.15) is 5.60 Å². The molecule has 1 heterocycles. The molecule has 94 valence electrons. The Kier molecular flexibility index (Phi) is 4.48. The van der Waals surface area contributed by atoms with Gasteiger partial charge in [-0.3, -0.25) is 9.78 Å². The van der Waals surface area contributed by atoms with Crippen molar-refractivity contribution in [3.8, 4) is 0 Å². The molecule has 0 aliphatic carbocycles. The van der Waals surface area contributed by atoms with Gasteiger partial charge in [-0.15, -0.1) is 0 Å². The van der Waals surface area contributed by atoms with Gasteiger partial charge in [-0.1, -0.05) is 11.6 Å². The molecule has 0 saturated carbocycles. The summed E-state index contributed by atoms with van der Waals surface area (Å²) in [6, 6.07) is 3.34. The van der Waals surface area contributed by atoms with Crippen LogP contribution in [0.4, 0.5) is 0 Å². The first-order valence-electron chi connectivity index (χ1n) is 5.34. The van der Waals surface area contributed by atoms with Crippen molar-refractivity contribution in [3.05, 3.63) is 29.0 Å². The van der Waals surface area contributed by atoms with E-state index in [-0.39, 0.29) is 11.9 Å². The maximum Gasteiger partial charge on any atom is 0.252 e. The molecule has 0 unspecified atom stereocenters. The summed E-state index contributed by atoms with van der Waals surface area (Å²) < 4.78 is 5.10. The average Bonchev–Trinajstić information content (AvgIpc) is 2.29.